The van der Waals surface area contributed by atoms with E-state index in [4.69, 9.17) is 14.5 Å². The molecule has 8 heteroatoms. The molecule has 0 saturated carbocycles. The maximum Gasteiger partial charge on any atom is 0.416 e. The van der Waals surface area contributed by atoms with Gasteiger partial charge < -0.3 is 14.0 Å². The molecular weight excluding hydrogens is 602 g/mol. The minimum absolute atomic E-state index is 0.0199. The number of imidazole rings is 1. The van der Waals surface area contributed by atoms with Gasteiger partial charge in [0, 0.05) is 12.6 Å². The largest absolute Gasteiger partial charge is 0.461 e. The summed E-state index contributed by atoms with van der Waals surface area (Å²) in [6.07, 6.45) is 2.93. The van der Waals surface area contributed by atoms with Gasteiger partial charge in [-0.3, -0.25) is 9.59 Å². The molecule has 4 aromatic carbocycles. The maximum atomic E-state index is 14.1. The van der Waals surface area contributed by atoms with Gasteiger partial charge >= 0.3 is 12.1 Å². The molecule has 2 amide bonds. The highest BCUT2D eigenvalue weighted by Gasteiger charge is 2.43. The molecule has 1 unspecified atom stereocenters. The summed E-state index contributed by atoms with van der Waals surface area (Å²) in [5, 5.41) is 0. The van der Waals surface area contributed by atoms with Gasteiger partial charge in [0.2, 0.25) is 5.91 Å². The van der Waals surface area contributed by atoms with Crippen LogP contribution in [0, 0.1) is 11.8 Å². The van der Waals surface area contributed by atoms with Crippen LogP contribution >= 0.6 is 0 Å². The minimum atomic E-state index is -0.900. The molecule has 0 radical (unpaired) electrons. The second kappa shape index (κ2) is 14.5. The van der Waals surface area contributed by atoms with Crippen molar-refractivity contribution in [3.05, 3.63) is 162 Å². The predicted molar refractivity (Wildman–Crippen MR) is 182 cm³/mol. The third-order valence-electron chi connectivity index (χ3n) is 8.97. The number of rotatable bonds is 12. The highest BCUT2D eigenvalue weighted by Crippen LogP contribution is 2.41. The van der Waals surface area contributed by atoms with Crippen molar-refractivity contribution in [1.29, 1.82) is 0 Å². The summed E-state index contributed by atoms with van der Waals surface area (Å²) in [6.45, 7) is 4.08. The molecule has 2 atom stereocenters. The van der Waals surface area contributed by atoms with Crippen LogP contribution in [0.15, 0.2) is 134 Å². The van der Waals surface area contributed by atoms with E-state index in [0.717, 1.165) is 22.3 Å². The molecule has 8 nitrogen and oxygen atoms in total. The number of hydrogen-bond acceptors (Lipinski definition) is 6. The molecule has 6 rings (SSSR count). The van der Waals surface area contributed by atoms with Gasteiger partial charge in [0.1, 0.15) is 18.8 Å². The first-order valence-electron chi connectivity index (χ1n) is 16.3. The third kappa shape index (κ3) is 6.65. The van der Waals surface area contributed by atoms with E-state index >= 15 is 0 Å². The van der Waals surface area contributed by atoms with Crippen LogP contribution < -0.4 is 0 Å². The zero-order valence-corrected chi connectivity index (χ0v) is 27.1. The number of carbonyl (C=O) groups is 3. The van der Waals surface area contributed by atoms with Gasteiger partial charge in [0.25, 0.3) is 0 Å². The van der Waals surface area contributed by atoms with Crippen molar-refractivity contribution >= 4 is 18.0 Å². The zero-order valence-electron chi connectivity index (χ0n) is 27.1. The Morgan fingerprint density at radius 1 is 0.833 bits per heavy atom. The van der Waals surface area contributed by atoms with Crippen LogP contribution in [0.2, 0.25) is 0 Å². The Kier molecular flexibility index (Phi) is 9.80. The molecule has 0 bridgehead atoms. The highest BCUT2D eigenvalue weighted by molar-refractivity contribution is 5.96. The van der Waals surface area contributed by atoms with E-state index in [2.05, 4.69) is 41.0 Å². The van der Waals surface area contributed by atoms with Crippen LogP contribution in [-0.2, 0) is 37.6 Å². The van der Waals surface area contributed by atoms with Crippen LogP contribution in [0.5, 0.6) is 0 Å². The van der Waals surface area contributed by atoms with E-state index in [0.29, 0.717) is 5.69 Å². The van der Waals surface area contributed by atoms with Crippen molar-refractivity contribution in [3.8, 4) is 0 Å². The highest BCUT2D eigenvalue weighted by atomic mass is 16.6. The molecular formula is C40H39N3O5. The van der Waals surface area contributed by atoms with Gasteiger partial charge in [-0.25, -0.2) is 14.7 Å². The fourth-order valence-corrected chi connectivity index (χ4v) is 6.51. The monoisotopic (exact) mass is 641 g/mol. The Labute approximate surface area is 281 Å². The second-order valence-corrected chi connectivity index (χ2v) is 12.4. The number of cyclic esters (lactones) is 1. The summed E-state index contributed by atoms with van der Waals surface area (Å²) in [5.74, 6) is -1.92. The summed E-state index contributed by atoms with van der Waals surface area (Å²) in [4.78, 5) is 46.2. The molecule has 244 valence electrons. The number of carbonyl (C=O) groups excluding carboxylic acids is 3. The average Bonchev–Trinajstić information content (AvgIpc) is 3.76. The number of imide groups is 1. The first kappa shape index (κ1) is 32.4. The Morgan fingerprint density at radius 2 is 1.35 bits per heavy atom. The lowest BCUT2D eigenvalue weighted by molar-refractivity contribution is -0.149. The van der Waals surface area contributed by atoms with Crippen molar-refractivity contribution in [3.63, 3.8) is 0 Å². The lowest BCUT2D eigenvalue weighted by atomic mass is 9.77. The molecule has 1 aromatic heterocycles. The molecule has 1 fully saturated rings. The summed E-state index contributed by atoms with van der Waals surface area (Å²) >= 11 is 0. The van der Waals surface area contributed by atoms with Gasteiger partial charge in [-0.1, -0.05) is 135 Å². The Balaban J connectivity index is 1.37. The zero-order chi connectivity index (χ0) is 33.5. The quantitative estimate of drug-likeness (QED) is 0.107. The molecule has 0 aliphatic carbocycles. The van der Waals surface area contributed by atoms with Gasteiger partial charge in [-0.05, 0) is 28.2 Å². The fourth-order valence-electron chi connectivity index (χ4n) is 6.51. The standard InChI is InChI=1S/C40H39N3O5/c1-29(2)36-27-48-39(46)43(36)38(45)31(24-37(44)47-26-30-15-7-3-8-16-30)23-35-25-42(28-41-35)40(32-17-9-4-10-18-32,33-19-11-5-12-20-33)34-21-13-6-14-22-34/h3-22,25,28-29,31,36H,23-24,26-27H2,1-2H3/t31-,36?/m1/s1. The number of ether oxygens (including phenoxy) is 2. The molecule has 48 heavy (non-hydrogen) atoms. The average molecular weight is 642 g/mol. The number of benzene rings is 4. The number of nitrogens with zero attached hydrogens (tertiary/aromatic N) is 3. The molecule has 1 aliphatic heterocycles. The topological polar surface area (TPSA) is 90.7 Å². The SMILES string of the molecule is CC(C)C1COC(=O)N1C(=O)[C@@H](CC(=O)OCc1ccccc1)Cc1cn(C(c2ccccc2)(c2ccccc2)c2ccccc2)cn1. The summed E-state index contributed by atoms with van der Waals surface area (Å²) in [7, 11) is 0. The third-order valence-corrected chi connectivity index (χ3v) is 8.97. The van der Waals surface area contributed by atoms with E-state index < -0.39 is 35.5 Å². The molecule has 2 heterocycles. The molecule has 0 spiro atoms. The molecule has 0 N–H and O–H groups in total. The van der Waals surface area contributed by atoms with Gasteiger partial charge in [0.15, 0.2) is 0 Å². The van der Waals surface area contributed by atoms with Gasteiger partial charge in [-0.15, -0.1) is 0 Å². The molecule has 1 saturated heterocycles. The lowest BCUT2D eigenvalue weighted by Crippen LogP contribution is -2.45. The van der Waals surface area contributed by atoms with Crippen LogP contribution in [0.1, 0.15) is 48.2 Å². The first-order valence-corrected chi connectivity index (χ1v) is 16.3. The first-order chi connectivity index (χ1) is 23.4. The van der Waals surface area contributed by atoms with E-state index in [1.165, 1.54) is 4.90 Å². The fraction of sp³-hybridized carbons (Fsp3) is 0.250. The maximum absolute atomic E-state index is 14.1. The van der Waals surface area contributed by atoms with E-state index in [1.54, 1.807) is 6.33 Å². The molecule has 5 aromatic rings. The van der Waals surface area contributed by atoms with Crippen molar-refractivity contribution < 1.29 is 23.9 Å². The van der Waals surface area contributed by atoms with E-state index in [1.807, 2.05) is 105 Å². The number of esters is 1. The smallest absolute Gasteiger partial charge is 0.416 e. The Hall–Kier alpha value is -5.50. The van der Waals surface area contributed by atoms with Crippen molar-refractivity contribution in [2.24, 2.45) is 11.8 Å². The Morgan fingerprint density at radius 3 is 1.88 bits per heavy atom. The van der Waals surface area contributed by atoms with Crippen LogP contribution in [-0.4, -0.2) is 45.1 Å². The van der Waals surface area contributed by atoms with E-state index in [-0.39, 0.29) is 32.0 Å². The second-order valence-electron chi connectivity index (χ2n) is 12.4. The Bertz CT molecular complexity index is 1730. The predicted octanol–water partition coefficient (Wildman–Crippen LogP) is 7.02. The van der Waals surface area contributed by atoms with Crippen molar-refractivity contribution in [2.75, 3.05) is 6.61 Å². The lowest BCUT2D eigenvalue weighted by Gasteiger charge is -2.37. The van der Waals surface area contributed by atoms with Crippen molar-refractivity contribution in [2.45, 2.75) is 44.9 Å². The minimum Gasteiger partial charge on any atom is -0.461 e. The van der Waals surface area contributed by atoms with Gasteiger partial charge in [0.05, 0.1) is 30.4 Å². The van der Waals surface area contributed by atoms with Crippen LogP contribution in [0.3, 0.4) is 0 Å². The summed E-state index contributed by atoms with van der Waals surface area (Å²) < 4.78 is 13.0. The number of hydrogen-bond donors (Lipinski definition) is 0. The van der Waals surface area contributed by atoms with Crippen molar-refractivity contribution in [1.82, 2.24) is 14.5 Å². The normalized spacial score (nSPS) is 15.3. The summed E-state index contributed by atoms with van der Waals surface area (Å²) in [6, 6.07) is 39.6. The summed E-state index contributed by atoms with van der Waals surface area (Å²) in [5.41, 5.74) is 3.75. The molecule has 1 aliphatic rings. The number of aromatic nitrogens is 2. The number of amides is 2. The van der Waals surface area contributed by atoms with Crippen LogP contribution in [0.4, 0.5) is 4.79 Å². The van der Waals surface area contributed by atoms with E-state index in [9.17, 15) is 14.4 Å². The van der Waals surface area contributed by atoms with Crippen LogP contribution in [0.25, 0.3) is 0 Å². The van der Waals surface area contributed by atoms with Gasteiger partial charge in [-0.2, -0.15) is 0 Å².